The zero-order valence-electron chi connectivity index (χ0n) is 17.4. The van der Waals surface area contributed by atoms with Gasteiger partial charge in [0.1, 0.15) is 29.8 Å². The van der Waals surface area contributed by atoms with E-state index in [4.69, 9.17) is 9.15 Å². The number of nitrogens with zero attached hydrogens (tertiary/aromatic N) is 2. The van der Waals surface area contributed by atoms with Crippen LogP contribution in [0, 0.1) is 17.2 Å². The molecule has 1 aromatic carbocycles. The molecule has 0 saturated carbocycles. The molecule has 0 saturated heterocycles. The van der Waals surface area contributed by atoms with Crippen LogP contribution in [0.4, 0.5) is 0 Å². The summed E-state index contributed by atoms with van der Waals surface area (Å²) >= 11 is 0. The summed E-state index contributed by atoms with van der Waals surface area (Å²) in [7, 11) is 0. The molecule has 7 nitrogen and oxygen atoms in total. The number of amides is 2. The molecular weight excluding hydrogens is 396 g/mol. The molecule has 0 radical (unpaired) electrons. The number of rotatable bonds is 4. The molecule has 0 fully saturated rings. The van der Waals surface area contributed by atoms with Crippen molar-refractivity contribution in [3.05, 3.63) is 63.9 Å². The van der Waals surface area contributed by atoms with Gasteiger partial charge in [0.15, 0.2) is 0 Å². The Balaban J connectivity index is 1.70. The van der Waals surface area contributed by atoms with Crippen molar-refractivity contribution >= 4 is 23.9 Å². The van der Waals surface area contributed by atoms with Gasteiger partial charge in [0, 0.05) is 23.2 Å². The van der Waals surface area contributed by atoms with Crippen LogP contribution in [-0.4, -0.2) is 29.2 Å². The van der Waals surface area contributed by atoms with Gasteiger partial charge in [0.05, 0.1) is 5.56 Å². The maximum atomic E-state index is 13.0. The predicted octanol–water partition coefficient (Wildman–Crippen LogP) is 3.87. The minimum atomic E-state index is -0.564. The number of fused-ring (bicyclic) bond motifs is 1. The number of furan rings is 1. The van der Waals surface area contributed by atoms with Crippen molar-refractivity contribution in [3.8, 4) is 17.4 Å². The van der Waals surface area contributed by atoms with E-state index in [1.165, 1.54) is 0 Å². The van der Waals surface area contributed by atoms with Gasteiger partial charge in [-0.15, -0.1) is 0 Å². The number of hydrogen-bond donors (Lipinski definition) is 0. The van der Waals surface area contributed by atoms with Crippen LogP contribution in [0.5, 0.6) is 0 Å². The van der Waals surface area contributed by atoms with Gasteiger partial charge in [-0.3, -0.25) is 14.5 Å². The van der Waals surface area contributed by atoms with Gasteiger partial charge in [-0.2, -0.15) is 5.26 Å². The molecule has 0 atom stereocenters. The molecule has 7 heteroatoms. The highest BCUT2D eigenvalue weighted by atomic mass is 16.5. The summed E-state index contributed by atoms with van der Waals surface area (Å²) in [5.74, 6) is -0.292. The van der Waals surface area contributed by atoms with E-state index in [-0.39, 0.29) is 36.2 Å². The zero-order chi connectivity index (χ0) is 22.3. The molecule has 0 bridgehead atoms. The average molecular weight is 416 g/mol. The van der Waals surface area contributed by atoms with E-state index in [0.29, 0.717) is 22.7 Å². The van der Waals surface area contributed by atoms with Crippen LogP contribution in [-0.2, 0) is 20.9 Å². The van der Waals surface area contributed by atoms with Crippen LogP contribution in [0.2, 0.25) is 0 Å². The lowest BCUT2D eigenvalue weighted by Gasteiger charge is -2.28. The fourth-order valence-electron chi connectivity index (χ4n) is 3.68. The molecule has 2 aliphatic heterocycles. The maximum absolute atomic E-state index is 13.0. The molecule has 0 aliphatic carbocycles. The monoisotopic (exact) mass is 416 g/mol. The lowest BCUT2D eigenvalue weighted by Crippen LogP contribution is -2.44. The van der Waals surface area contributed by atoms with Crippen molar-refractivity contribution in [2.45, 2.75) is 27.4 Å². The summed E-state index contributed by atoms with van der Waals surface area (Å²) in [6.07, 6.45) is 1.55. The number of imide groups is 1. The largest absolute Gasteiger partial charge is 0.457 e. The molecule has 156 valence electrons. The van der Waals surface area contributed by atoms with E-state index < -0.39 is 11.8 Å². The quantitative estimate of drug-likeness (QED) is 0.426. The van der Waals surface area contributed by atoms with Gasteiger partial charge >= 0.3 is 5.97 Å². The van der Waals surface area contributed by atoms with Crippen LogP contribution >= 0.6 is 0 Å². The Kier molecular flexibility index (Phi) is 5.07. The number of carbonyl (C=O) groups is 3. The Bertz CT molecular complexity index is 1220. The van der Waals surface area contributed by atoms with Gasteiger partial charge in [-0.25, -0.2) is 4.79 Å². The van der Waals surface area contributed by atoms with Gasteiger partial charge in [0.25, 0.3) is 11.8 Å². The molecule has 3 heterocycles. The highest BCUT2D eigenvalue weighted by molar-refractivity contribution is 6.19. The Labute approximate surface area is 179 Å². The summed E-state index contributed by atoms with van der Waals surface area (Å²) < 4.78 is 10.9. The summed E-state index contributed by atoms with van der Waals surface area (Å²) in [4.78, 5) is 38.3. The van der Waals surface area contributed by atoms with Gasteiger partial charge in [0.2, 0.25) is 0 Å². The van der Waals surface area contributed by atoms with Crippen molar-refractivity contribution in [1.29, 1.82) is 5.26 Å². The van der Waals surface area contributed by atoms with Crippen LogP contribution in [0.25, 0.3) is 17.4 Å². The number of carbonyl (C=O) groups excluding carboxylic acids is 3. The minimum absolute atomic E-state index is 0.0402. The highest BCUT2D eigenvalue weighted by Gasteiger charge is 2.35. The van der Waals surface area contributed by atoms with E-state index in [9.17, 15) is 19.6 Å². The molecule has 0 N–H and O–H groups in total. The Morgan fingerprint density at radius 1 is 1.16 bits per heavy atom. The molecule has 2 aromatic rings. The number of nitriles is 1. The summed E-state index contributed by atoms with van der Waals surface area (Å²) in [6.45, 7) is 5.85. The lowest BCUT2D eigenvalue weighted by molar-refractivity contribution is -0.141. The maximum Gasteiger partial charge on any atom is 0.338 e. The molecule has 0 unspecified atom stereocenters. The topological polar surface area (TPSA) is 101 Å². The smallest absolute Gasteiger partial charge is 0.338 e. The van der Waals surface area contributed by atoms with E-state index in [1.807, 2.05) is 26.0 Å². The number of cyclic esters (lactones) is 1. The molecule has 0 spiro atoms. The lowest BCUT2D eigenvalue weighted by atomic mass is 9.94. The minimum Gasteiger partial charge on any atom is -0.457 e. The standard InChI is InChI=1S/C24H20N2O5/c1-13(2)11-26-22(27)19(14(3)20(10-25)23(26)28)9-17-5-7-21(31-17)15-4-6-18-16(8-15)12-30-24(18)29/h4-9,13H,11-12H2,1-3H3/b19-9+. The molecule has 2 amide bonds. The Morgan fingerprint density at radius 3 is 2.65 bits per heavy atom. The average Bonchev–Trinajstić information content (AvgIpc) is 3.35. The van der Waals surface area contributed by atoms with E-state index in [0.717, 1.165) is 16.0 Å². The summed E-state index contributed by atoms with van der Waals surface area (Å²) in [5, 5.41) is 9.45. The Hall–Kier alpha value is -3.92. The molecule has 2 aliphatic rings. The number of ether oxygens (including phenoxy) is 1. The zero-order valence-corrected chi connectivity index (χ0v) is 17.4. The van der Waals surface area contributed by atoms with E-state index in [1.54, 1.807) is 37.3 Å². The summed E-state index contributed by atoms with van der Waals surface area (Å²) in [6, 6.07) is 10.7. The van der Waals surface area contributed by atoms with Crippen molar-refractivity contribution in [2.24, 2.45) is 5.92 Å². The molecule has 31 heavy (non-hydrogen) atoms. The fraction of sp³-hybridized carbons (Fsp3) is 0.250. The summed E-state index contributed by atoms with van der Waals surface area (Å²) in [5.41, 5.74) is 2.67. The van der Waals surface area contributed by atoms with Gasteiger partial charge < -0.3 is 9.15 Å². The molecular formula is C24H20N2O5. The first-order valence-electron chi connectivity index (χ1n) is 9.89. The van der Waals surface area contributed by atoms with Crippen LogP contribution < -0.4 is 0 Å². The highest BCUT2D eigenvalue weighted by Crippen LogP contribution is 2.31. The van der Waals surface area contributed by atoms with Gasteiger partial charge in [-0.1, -0.05) is 19.9 Å². The first-order valence-corrected chi connectivity index (χ1v) is 9.89. The Morgan fingerprint density at radius 2 is 1.94 bits per heavy atom. The second-order valence-corrected chi connectivity index (χ2v) is 7.93. The first-order chi connectivity index (χ1) is 14.8. The fourth-order valence-corrected chi connectivity index (χ4v) is 3.68. The number of esters is 1. The normalized spacial score (nSPS) is 17.5. The predicted molar refractivity (Wildman–Crippen MR) is 111 cm³/mol. The third-order valence-electron chi connectivity index (χ3n) is 5.25. The number of hydrogen-bond acceptors (Lipinski definition) is 6. The molecule has 1 aromatic heterocycles. The van der Waals surface area contributed by atoms with E-state index in [2.05, 4.69) is 0 Å². The third-order valence-corrected chi connectivity index (χ3v) is 5.25. The van der Waals surface area contributed by atoms with Crippen LogP contribution in [0.15, 0.2) is 51.5 Å². The van der Waals surface area contributed by atoms with Crippen molar-refractivity contribution in [2.75, 3.05) is 6.54 Å². The van der Waals surface area contributed by atoms with Crippen LogP contribution in [0.3, 0.4) is 0 Å². The van der Waals surface area contributed by atoms with Gasteiger partial charge in [-0.05, 0) is 48.8 Å². The van der Waals surface area contributed by atoms with Crippen molar-refractivity contribution < 1.29 is 23.5 Å². The van der Waals surface area contributed by atoms with Crippen molar-refractivity contribution in [3.63, 3.8) is 0 Å². The second kappa shape index (κ2) is 7.73. The molecule has 4 rings (SSSR count). The second-order valence-electron chi connectivity index (χ2n) is 7.93. The van der Waals surface area contributed by atoms with Crippen LogP contribution in [0.1, 0.15) is 42.5 Å². The van der Waals surface area contributed by atoms with Crippen molar-refractivity contribution in [1.82, 2.24) is 4.90 Å². The first kappa shape index (κ1) is 20.4. The number of benzene rings is 1. The van der Waals surface area contributed by atoms with E-state index >= 15 is 0 Å². The third kappa shape index (κ3) is 3.57. The SMILES string of the molecule is CC1=C(C#N)C(=O)N(CC(C)C)C(=O)/C1=C/c1ccc(-c2ccc3c(c2)COC3=O)o1.